The molecule has 2 aromatic rings. The smallest absolute Gasteiger partial charge is 0.255 e. The molecule has 3 amide bonds. The number of carbonyl (C=O) groups excluding carboxylic acids is 3. The molecule has 7 heteroatoms. The maximum atomic E-state index is 13.2. The maximum absolute atomic E-state index is 13.2. The van der Waals surface area contributed by atoms with Gasteiger partial charge >= 0.3 is 0 Å². The van der Waals surface area contributed by atoms with E-state index >= 15 is 0 Å². The molecule has 2 aromatic carbocycles. The van der Waals surface area contributed by atoms with E-state index in [9.17, 15) is 14.4 Å². The molecule has 4 rings (SSSR count). The number of methoxy groups -OCH3 is 1. The number of hydrogen-bond donors (Lipinski definition) is 1. The largest absolute Gasteiger partial charge is 0.497 e. The summed E-state index contributed by atoms with van der Waals surface area (Å²) in [7, 11) is 1.65. The van der Waals surface area contributed by atoms with Crippen LogP contribution in [0.1, 0.15) is 27.9 Å². The van der Waals surface area contributed by atoms with Gasteiger partial charge < -0.3 is 9.64 Å². The summed E-state index contributed by atoms with van der Waals surface area (Å²) in [6, 6.07) is 13.2. The number of imide groups is 1. The molecule has 0 radical (unpaired) electrons. The first kappa shape index (κ1) is 18.6. The van der Waals surface area contributed by atoms with Crippen LogP contribution >= 0.6 is 11.8 Å². The molecule has 0 aliphatic carbocycles. The molecule has 0 aromatic heterocycles. The molecule has 0 spiro atoms. The summed E-state index contributed by atoms with van der Waals surface area (Å²) in [4.78, 5) is 39.1. The van der Waals surface area contributed by atoms with Gasteiger partial charge in [-0.25, -0.2) is 0 Å². The van der Waals surface area contributed by atoms with Crippen molar-refractivity contribution in [3.63, 3.8) is 0 Å². The number of benzene rings is 2. The van der Waals surface area contributed by atoms with Gasteiger partial charge in [0.15, 0.2) is 0 Å². The van der Waals surface area contributed by atoms with Crippen LogP contribution in [0.2, 0.25) is 0 Å². The van der Waals surface area contributed by atoms with Crippen LogP contribution in [0.3, 0.4) is 0 Å². The molecule has 6 nitrogen and oxygen atoms in total. The van der Waals surface area contributed by atoms with Gasteiger partial charge in [-0.15, -0.1) is 11.8 Å². The van der Waals surface area contributed by atoms with Crippen LogP contribution < -0.4 is 10.1 Å². The molecule has 2 aliphatic heterocycles. The van der Waals surface area contributed by atoms with Gasteiger partial charge in [0.05, 0.1) is 17.9 Å². The molecule has 0 bridgehead atoms. The van der Waals surface area contributed by atoms with Crippen LogP contribution in [0.15, 0.2) is 47.4 Å². The first-order chi connectivity index (χ1) is 13.5. The van der Waals surface area contributed by atoms with E-state index in [4.69, 9.17) is 4.74 Å². The number of amides is 3. The van der Waals surface area contributed by atoms with Crippen molar-refractivity contribution in [3.8, 4) is 5.75 Å². The highest BCUT2D eigenvalue weighted by Crippen LogP contribution is 2.32. The number of ether oxygens (including phenoxy) is 1. The lowest BCUT2D eigenvalue weighted by Gasteiger charge is -2.30. The molecular formula is C21H20N2O4S. The quantitative estimate of drug-likeness (QED) is 0.804. The fourth-order valence-corrected chi connectivity index (χ4v) is 4.67. The first-order valence-electron chi connectivity index (χ1n) is 9.09. The molecule has 144 valence electrons. The Morgan fingerprint density at radius 3 is 2.75 bits per heavy atom. The van der Waals surface area contributed by atoms with E-state index < -0.39 is 5.25 Å². The number of rotatable bonds is 4. The molecule has 28 heavy (non-hydrogen) atoms. The standard InChI is InChI=1S/C21H20N2O4S/c1-27-15-7-6-14-12-23(9-8-13(14)10-15)21(26)16-4-2-3-5-17(16)28-18-11-19(24)22-20(18)25/h2-7,10,18H,8-9,11-12H2,1H3,(H,22,24,25). The van der Waals surface area contributed by atoms with Gasteiger partial charge in [-0.1, -0.05) is 18.2 Å². The Hall–Kier alpha value is -2.80. The minimum atomic E-state index is -0.490. The average Bonchev–Trinajstić information content (AvgIpc) is 3.03. The number of nitrogens with one attached hydrogen (secondary N) is 1. The molecule has 2 aliphatic rings. The normalized spacial score (nSPS) is 18.6. The molecule has 1 atom stereocenters. The van der Waals surface area contributed by atoms with Crippen LogP contribution in [0, 0.1) is 0 Å². The molecular weight excluding hydrogens is 376 g/mol. The van der Waals surface area contributed by atoms with Crippen molar-refractivity contribution in [2.24, 2.45) is 0 Å². The highest BCUT2D eigenvalue weighted by molar-refractivity contribution is 8.00. The Balaban J connectivity index is 1.54. The van der Waals surface area contributed by atoms with Gasteiger partial charge in [-0.2, -0.15) is 0 Å². The Labute approximate surface area is 167 Å². The zero-order valence-corrected chi connectivity index (χ0v) is 16.3. The predicted octanol–water partition coefficient (Wildman–Crippen LogP) is 2.40. The van der Waals surface area contributed by atoms with Crippen molar-refractivity contribution in [1.82, 2.24) is 10.2 Å². The van der Waals surface area contributed by atoms with Crippen LogP contribution in [0.5, 0.6) is 5.75 Å². The van der Waals surface area contributed by atoms with E-state index in [-0.39, 0.29) is 24.1 Å². The van der Waals surface area contributed by atoms with Gasteiger partial charge in [0.1, 0.15) is 5.75 Å². The summed E-state index contributed by atoms with van der Waals surface area (Å²) in [5, 5.41) is 1.83. The van der Waals surface area contributed by atoms with Crippen LogP contribution in [-0.4, -0.2) is 41.5 Å². The molecule has 1 fully saturated rings. The number of hydrogen-bond acceptors (Lipinski definition) is 5. The lowest BCUT2D eigenvalue weighted by atomic mass is 9.99. The first-order valence-corrected chi connectivity index (χ1v) is 9.97. The van der Waals surface area contributed by atoms with Gasteiger partial charge in [0, 0.05) is 24.4 Å². The Morgan fingerprint density at radius 1 is 1.18 bits per heavy atom. The SMILES string of the molecule is COc1ccc2c(c1)CCN(C(=O)c1ccccc1SC1CC(=O)NC1=O)C2. The van der Waals surface area contributed by atoms with Crippen molar-refractivity contribution in [2.45, 2.75) is 29.5 Å². The monoisotopic (exact) mass is 396 g/mol. The third kappa shape index (κ3) is 3.62. The second kappa shape index (κ2) is 7.67. The predicted molar refractivity (Wildman–Crippen MR) is 105 cm³/mol. The van der Waals surface area contributed by atoms with Crippen molar-refractivity contribution >= 4 is 29.5 Å². The number of thioether (sulfide) groups is 1. The fraction of sp³-hybridized carbons (Fsp3) is 0.286. The fourth-order valence-electron chi connectivity index (χ4n) is 3.52. The van der Waals surface area contributed by atoms with E-state index in [2.05, 4.69) is 5.32 Å². The summed E-state index contributed by atoms with van der Waals surface area (Å²) in [6.45, 7) is 1.17. The van der Waals surface area contributed by atoms with E-state index in [0.717, 1.165) is 22.6 Å². The van der Waals surface area contributed by atoms with Crippen LogP contribution in [0.4, 0.5) is 0 Å². The minimum absolute atomic E-state index is 0.0608. The second-order valence-corrected chi connectivity index (χ2v) is 8.08. The van der Waals surface area contributed by atoms with Gasteiger partial charge in [0.2, 0.25) is 11.8 Å². The van der Waals surface area contributed by atoms with Crippen molar-refractivity contribution in [3.05, 3.63) is 59.2 Å². The highest BCUT2D eigenvalue weighted by Gasteiger charge is 2.33. The van der Waals surface area contributed by atoms with E-state index in [0.29, 0.717) is 18.7 Å². The molecule has 1 unspecified atom stereocenters. The lowest BCUT2D eigenvalue weighted by Crippen LogP contribution is -2.36. The summed E-state index contributed by atoms with van der Waals surface area (Å²) in [6.07, 6.45) is 0.915. The van der Waals surface area contributed by atoms with E-state index in [1.807, 2.05) is 41.3 Å². The lowest BCUT2D eigenvalue weighted by molar-refractivity contribution is -0.124. The zero-order chi connectivity index (χ0) is 19.7. The number of fused-ring (bicyclic) bond motifs is 1. The summed E-state index contributed by atoms with van der Waals surface area (Å²) >= 11 is 1.28. The Bertz CT molecular complexity index is 959. The van der Waals surface area contributed by atoms with Gasteiger partial charge in [-0.05, 0) is 41.8 Å². The average molecular weight is 396 g/mol. The van der Waals surface area contributed by atoms with Gasteiger partial charge in [-0.3, -0.25) is 19.7 Å². The van der Waals surface area contributed by atoms with Gasteiger partial charge in [0.25, 0.3) is 5.91 Å². The Kier molecular flexibility index (Phi) is 5.09. The van der Waals surface area contributed by atoms with E-state index in [1.54, 1.807) is 13.2 Å². The summed E-state index contributed by atoms with van der Waals surface area (Å²) in [5.74, 6) is 0.200. The molecule has 1 saturated heterocycles. The number of carbonyl (C=O) groups is 3. The van der Waals surface area contributed by atoms with Crippen molar-refractivity contribution < 1.29 is 19.1 Å². The summed E-state index contributed by atoms with van der Waals surface area (Å²) < 4.78 is 5.28. The third-order valence-electron chi connectivity index (χ3n) is 5.03. The molecule has 1 N–H and O–H groups in total. The minimum Gasteiger partial charge on any atom is -0.497 e. The second-order valence-electron chi connectivity index (χ2n) is 6.83. The number of nitrogens with zero attached hydrogens (tertiary/aromatic N) is 1. The van der Waals surface area contributed by atoms with Crippen molar-refractivity contribution in [2.75, 3.05) is 13.7 Å². The van der Waals surface area contributed by atoms with Crippen LogP contribution in [0.25, 0.3) is 0 Å². The summed E-state index contributed by atoms with van der Waals surface area (Å²) in [5.41, 5.74) is 2.88. The Morgan fingerprint density at radius 2 is 2.00 bits per heavy atom. The van der Waals surface area contributed by atoms with E-state index in [1.165, 1.54) is 17.3 Å². The van der Waals surface area contributed by atoms with Crippen molar-refractivity contribution in [1.29, 1.82) is 0 Å². The third-order valence-corrected chi connectivity index (χ3v) is 6.30. The zero-order valence-electron chi connectivity index (χ0n) is 15.4. The topological polar surface area (TPSA) is 75.7 Å². The van der Waals surface area contributed by atoms with Crippen LogP contribution in [-0.2, 0) is 22.6 Å². The molecule has 2 heterocycles. The highest BCUT2D eigenvalue weighted by atomic mass is 32.2. The molecule has 0 saturated carbocycles. The maximum Gasteiger partial charge on any atom is 0.255 e.